The molecule has 1 aromatic heterocycles. The van der Waals surface area contributed by atoms with Gasteiger partial charge in [-0.05, 0) is 55.0 Å². The van der Waals surface area contributed by atoms with E-state index in [9.17, 15) is 4.79 Å². The van der Waals surface area contributed by atoms with Crippen LogP contribution in [0.25, 0.3) is 17.1 Å². The van der Waals surface area contributed by atoms with Crippen molar-refractivity contribution in [2.75, 3.05) is 12.4 Å². The molecule has 31 heavy (non-hydrogen) atoms. The Morgan fingerprint density at radius 2 is 1.74 bits per heavy atom. The van der Waals surface area contributed by atoms with E-state index in [0.29, 0.717) is 27.1 Å². The van der Waals surface area contributed by atoms with Gasteiger partial charge in [0.25, 0.3) is 5.91 Å². The molecule has 0 unspecified atom stereocenters. The average Bonchev–Trinajstić information content (AvgIpc) is 3.21. The van der Waals surface area contributed by atoms with Gasteiger partial charge in [0.1, 0.15) is 0 Å². The van der Waals surface area contributed by atoms with E-state index in [1.807, 2.05) is 43.3 Å². The Morgan fingerprint density at radius 1 is 1.00 bits per heavy atom. The molecule has 0 fully saturated rings. The minimum Gasteiger partial charge on any atom is -0.466 e. The number of methoxy groups -OCH3 is 1. The molecule has 8 heteroatoms. The Labute approximate surface area is 189 Å². The maximum absolute atomic E-state index is 12.5. The molecule has 4 aromatic rings. The summed E-state index contributed by atoms with van der Waals surface area (Å²) in [5.41, 5.74) is 3.85. The van der Waals surface area contributed by atoms with Crippen molar-refractivity contribution >= 4 is 34.8 Å². The number of anilines is 1. The highest BCUT2D eigenvalue weighted by Crippen LogP contribution is 2.27. The van der Waals surface area contributed by atoms with Crippen molar-refractivity contribution in [1.29, 1.82) is 0 Å². The zero-order valence-electron chi connectivity index (χ0n) is 16.8. The number of hydrogen-bond donors (Lipinski definition) is 1. The van der Waals surface area contributed by atoms with Gasteiger partial charge in [-0.3, -0.25) is 4.79 Å². The van der Waals surface area contributed by atoms with Gasteiger partial charge in [0, 0.05) is 16.8 Å². The van der Waals surface area contributed by atoms with Gasteiger partial charge < -0.3 is 10.1 Å². The first-order valence-electron chi connectivity index (χ1n) is 9.40. The van der Waals surface area contributed by atoms with E-state index in [1.54, 1.807) is 28.9 Å². The van der Waals surface area contributed by atoms with Crippen LogP contribution in [-0.2, 0) is 0 Å². The zero-order chi connectivity index (χ0) is 22.0. The second-order valence-electron chi connectivity index (χ2n) is 6.78. The third-order valence-electron chi connectivity index (χ3n) is 4.71. The molecular weight excluding hydrogens is 435 g/mol. The summed E-state index contributed by atoms with van der Waals surface area (Å²) in [6, 6.07) is 20.2. The van der Waals surface area contributed by atoms with E-state index in [2.05, 4.69) is 15.4 Å². The fraction of sp³-hybridized carbons (Fsp3) is 0.0870. The first-order chi connectivity index (χ1) is 15.0. The number of benzene rings is 3. The van der Waals surface area contributed by atoms with Crippen molar-refractivity contribution in [1.82, 2.24) is 14.8 Å². The lowest BCUT2D eigenvalue weighted by Gasteiger charge is -2.10. The van der Waals surface area contributed by atoms with Crippen LogP contribution in [0.15, 0.2) is 66.7 Å². The Bertz CT molecular complexity index is 1250. The van der Waals surface area contributed by atoms with Gasteiger partial charge in [0.05, 0.1) is 22.8 Å². The number of carbonyl (C=O) groups is 1. The lowest BCUT2D eigenvalue weighted by molar-refractivity contribution is 0.102. The first kappa shape index (κ1) is 20.9. The van der Waals surface area contributed by atoms with Gasteiger partial charge in [0.15, 0.2) is 5.82 Å². The summed E-state index contributed by atoms with van der Waals surface area (Å²) in [6.45, 7) is 2.02. The van der Waals surface area contributed by atoms with Crippen molar-refractivity contribution in [2.24, 2.45) is 0 Å². The molecule has 156 valence electrons. The van der Waals surface area contributed by atoms with Crippen LogP contribution in [0.3, 0.4) is 0 Å². The number of nitrogens with one attached hydrogen (secondary N) is 1. The fourth-order valence-corrected chi connectivity index (χ4v) is 3.38. The normalized spacial score (nSPS) is 10.7. The molecule has 0 saturated carbocycles. The van der Waals surface area contributed by atoms with Crippen molar-refractivity contribution in [3.8, 4) is 23.1 Å². The average molecular weight is 453 g/mol. The molecule has 0 aliphatic carbocycles. The van der Waals surface area contributed by atoms with Gasteiger partial charge in [0.2, 0.25) is 0 Å². The van der Waals surface area contributed by atoms with Crippen molar-refractivity contribution in [3.63, 3.8) is 0 Å². The van der Waals surface area contributed by atoms with Crippen molar-refractivity contribution in [3.05, 3.63) is 87.9 Å². The summed E-state index contributed by atoms with van der Waals surface area (Å²) in [6.07, 6.45) is 0. The summed E-state index contributed by atoms with van der Waals surface area (Å²) in [7, 11) is 1.53. The number of hydrogen-bond acceptors (Lipinski definition) is 4. The van der Waals surface area contributed by atoms with Crippen LogP contribution in [0.1, 0.15) is 15.9 Å². The number of aryl methyl sites for hydroxylation is 1. The third kappa shape index (κ3) is 4.40. The molecule has 0 aliphatic rings. The monoisotopic (exact) mass is 452 g/mol. The van der Waals surface area contributed by atoms with Crippen LogP contribution in [0.2, 0.25) is 10.0 Å². The van der Waals surface area contributed by atoms with Gasteiger partial charge >= 0.3 is 6.01 Å². The molecule has 0 saturated heterocycles. The van der Waals surface area contributed by atoms with Gasteiger partial charge in [-0.15, -0.1) is 5.10 Å². The minimum absolute atomic E-state index is 0.273. The van der Waals surface area contributed by atoms with Crippen LogP contribution in [0.4, 0.5) is 5.69 Å². The Kier molecular flexibility index (Phi) is 5.93. The second kappa shape index (κ2) is 8.79. The quantitative estimate of drug-likeness (QED) is 0.414. The van der Waals surface area contributed by atoms with Crippen molar-refractivity contribution in [2.45, 2.75) is 6.92 Å². The van der Waals surface area contributed by atoms with Gasteiger partial charge in [-0.2, -0.15) is 4.98 Å². The predicted molar refractivity (Wildman–Crippen MR) is 122 cm³/mol. The molecule has 0 radical (unpaired) electrons. The number of halogens is 2. The highest BCUT2D eigenvalue weighted by Gasteiger charge is 2.16. The summed E-state index contributed by atoms with van der Waals surface area (Å²) in [5.74, 6) is 0.386. The van der Waals surface area contributed by atoms with Crippen LogP contribution < -0.4 is 10.1 Å². The minimum atomic E-state index is -0.283. The molecular formula is C23H18Cl2N4O2. The molecule has 4 rings (SSSR count). The maximum Gasteiger partial charge on any atom is 0.336 e. The smallest absolute Gasteiger partial charge is 0.336 e. The lowest BCUT2D eigenvalue weighted by Crippen LogP contribution is -2.12. The lowest BCUT2D eigenvalue weighted by atomic mass is 10.1. The molecule has 0 atom stereocenters. The summed E-state index contributed by atoms with van der Waals surface area (Å²) in [4.78, 5) is 17.0. The Balaban J connectivity index is 1.61. The summed E-state index contributed by atoms with van der Waals surface area (Å²) >= 11 is 11.9. The molecule has 1 amide bonds. The molecule has 1 heterocycles. The maximum atomic E-state index is 12.5. The summed E-state index contributed by atoms with van der Waals surface area (Å²) in [5, 5.41) is 8.01. The Morgan fingerprint density at radius 3 is 2.42 bits per heavy atom. The van der Waals surface area contributed by atoms with Crippen LogP contribution in [-0.4, -0.2) is 27.8 Å². The predicted octanol–water partition coefficient (Wildman–Crippen LogP) is 5.81. The highest BCUT2D eigenvalue weighted by atomic mass is 35.5. The number of nitrogens with zero attached hydrogens (tertiary/aromatic N) is 3. The van der Waals surface area contributed by atoms with Crippen LogP contribution >= 0.6 is 23.2 Å². The Hall–Kier alpha value is -3.35. The summed E-state index contributed by atoms with van der Waals surface area (Å²) < 4.78 is 6.96. The number of amides is 1. The zero-order valence-corrected chi connectivity index (χ0v) is 18.3. The van der Waals surface area contributed by atoms with E-state index < -0.39 is 0 Å². The number of rotatable bonds is 5. The van der Waals surface area contributed by atoms with Crippen LogP contribution in [0.5, 0.6) is 6.01 Å². The molecule has 0 spiro atoms. The van der Waals surface area contributed by atoms with Crippen molar-refractivity contribution < 1.29 is 9.53 Å². The van der Waals surface area contributed by atoms with E-state index in [-0.39, 0.29) is 11.9 Å². The second-order valence-corrected chi connectivity index (χ2v) is 7.59. The fourth-order valence-electron chi connectivity index (χ4n) is 3.08. The van der Waals surface area contributed by atoms with E-state index in [1.165, 1.54) is 13.2 Å². The molecule has 0 aliphatic heterocycles. The van der Waals surface area contributed by atoms with Gasteiger partial charge in [-0.1, -0.05) is 47.5 Å². The molecule has 0 bridgehead atoms. The van der Waals surface area contributed by atoms with Crippen LogP contribution in [0, 0.1) is 6.92 Å². The number of ether oxygens (including phenoxy) is 1. The topological polar surface area (TPSA) is 69.0 Å². The molecule has 6 nitrogen and oxygen atoms in total. The van der Waals surface area contributed by atoms with E-state index in [4.69, 9.17) is 27.9 Å². The van der Waals surface area contributed by atoms with Gasteiger partial charge in [-0.25, -0.2) is 4.68 Å². The highest BCUT2D eigenvalue weighted by molar-refractivity contribution is 6.42. The van der Waals surface area contributed by atoms with E-state index in [0.717, 1.165) is 16.8 Å². The molecule has 3 aromatic carbocycles. The SMILES string of the molecule is COc1nc(-c2ccccc2C)n(-c2ccc(NC(=O)c3ccc(Cl)c(Cl)c3)cc2)n1. The van der Waals surface area contributed by atoms with E-state index >= 15 is 0 Å². The standard InChI is InChI=1S/C23H18Cl2N4O2/c1-14-5-3-4-6-18(14)21-27-23(31-2)28-29(21)17-10-8-16(9-11-17)26-22(30)15-7-12-19(24)20(25)13-15/h3-13H,1-2H3,(H,26,30). The first-order valence-corrected chi connectivity index (χ1v) is 10.2. The number of carbonyl (C=O) groups excluding carboxylic acids is 1. The third-order valence-corrected chi connectivity index (χ3v) is 5.45. The molecule has 1 N–H and O–H groups in total. The number of aromatic nitrogens is 3. The largest absolute Gasteiger partial charge is 0.466 e.